The molecule has 0 bridgehead atoms. The van der Waals surface area contributed by atoms with Crippen LogP contribution in [0.3, 0.4) is 0 Å². The fraction of sp³-hybridized carbons (Fsp3) is 1.00. The molecule has 0 aromatic heterocycles. The first-order valence-electron chi connectivity index (χ1n) is 4.55. The Morgan fingerprint density at radius 3 is 2.62 bits per heavy atom. The zero-order valence-electron chi connectivity index (χ0n) is 7.81. The molecule has 13 heavy (non-hydrogen) atoms. The number of hydrogen-bond acceptors (Lipinski definition) is 4. The topological polar surface area (TPSA) is 80.4 Å². The number of aliphatic hydroxyl groups is 1. The molecule has 0 radical (unpaired) electrons. The van der Waals surface area contributed by atoms with Crippen LogP contribution in [0.25, 0.3) is 0 Å². The van der Waals surface area contributed by atoms with Crippen LogP contribution in [0, 0.1) is 5.92 Å². The summed E-state index contributed by atoms with van der Waals surface area (Å²) < 4.78 is 22.2. The van der Waals surface area contributed by atoms with E-state index < -0.39 is 15.9 Å². The van der Waals surface area contributed by atoms with Gasteiger partial charge in [-0.1, -0.05) is 0 Å². The van der Waals surface area contributed by atoms with Crippen LogP contribution in [-0.2, 0) is 9.84 Å². The van der Waals surface area contributed by atoms with Crippen LogP contribution in [0.15, 0.2) is 0 Å². The van der Waals surface area contributed by atoms with Crippen molar-refractivity contribution in [2.24, 2.45) is 11.7 Å². The molecule has 3 atom stereocenters. The average Bonchev–Trinajstić information content (AvgIpc) is 2.28. The van der Waals surface area contributed by atoms with Gasteiger partial charge in [0.25, 0.3) is 0 Å². The minimum absolute atomic E-state index is 0.0413. The highest BCUT2D eigenvalue weighted by molar-refractivity contribution is 7.91. The summed E-state index contributed by atoms with van der Waals surface area (Å²) in [6, 6.07) is -0.183. The Labute approximate surface area is 79.0 Å². The molecule has 78 valence electrons. The zero-order valence-corrected chi connectivity index (χ0v) is 8.63. The van der Waals surface area contributed by atoms with Crippen molar-refractivity contribution >= 4 is 9.84 Å². The van der Waals surface area contributed by atoms with E-state index in [0.717, 1.165) is 0 Å². The Morgan fingerprint density at radius 1 is 1.62 bits per heavy atom. The smallest absolute Gasteiger partial charge is 0.150 e. The SMILES string of the molecule is CC(O)CC(N)C1CCS(=O)(=O)C1. The van der Waals surface area contributed by atoms with Crippen LogP contribution in [-0.4, -0.2) is 37.2 Å². The average molecular weight is 207 g/mol. The summed E-state index contributed by atoms with van der Waals surface area (Å²) in [5.41, 5.74) is 5.78. The normalized spacial score (nSPS) is 31.5. The van der Waals surface area contributed by atoms with E-state index >= 15 is 0 Å². The minimum Gasteiger partial charge on any atom is -0.393 e. The van der Waals surface area contributed by atoms with Gasteiger partial charge in [-0.3, -0.25) is 0 Å². The van der Waals surface area contributed by atoms with Crippen molar-refractivity contribution in [2.45, 2.75) is 31.9 Å². The predicted molar refractivity (Wildman–Crippen MR) is 51.0 cm³/mol. The van der Waals surface area contributed by atoms with Gasteiger partial charge >= 0.3 is 0 Å². The maximum Gasteiger partial charge on any atom is 0.150 e. The monoisotopic (exact) mass is 207 g/mol. The van der Waals surface area contributed by atoms with Gasteiger partial charge in [-0.2, -0.15) is 0 Å². The van der Waals surface area contributed by atoms with Crippen LogP contribution >= 0.6 is 0 Å². The summed E-state index contributed by atoms with van der Waals surface area (Å²) in [4.78, 5) is 0. The first kappa shape index (κ1) is 10.9. The lowest BCUT2D eigenvalue weighted by Gasteiger charge is -2.18. The lowest BCUT2D eigenvalue weighted by atomic mass is 9.95. The van der Waals surface area contributed by atoms with Crippen LogP contribution < -0.4 is 5.73 Å². The quantitative estimate of drug-likeness (QED) is 0.655. The number of rotatable bonds is 3. The Bertz CT molecular complexity index is 261. The van der Waals surface area contributed by atoms with Crippen molar-refractivity contribution in [3.05, 3.63) is 0 Å². The highest BCUT2D eigenvalue weighted by Crippen LogP contribution is 2.22. The van der Waals surface area contributed by atoms with Crippen LogP contribution in [0.4, 0.5) is 0 Å². The van der Waals surface area contributed by atoms with Crippen molar-refractivity contribution in [3.8, 4) is 0 Å². The van der Waals surface area contributed by atoms with E-state index in [1.807, 2.05) is 0 Å². The fourth-order valence-electron chi connectivity index (χ4n) is 1.75. The van der Waals surface area contributed by atoms with E-state index in [-0.39, 0.29) is 23.5 Å². The number of sulfone groups is 1. The van der Waals surface area contributed by atoms with E-state index in [1.165, 1.54) is 0 Å². The molecule has 1 saturated heterocycles. The number of hydrogen-bond donors (Lipinski definition) is 2. The molecule has 0 aromatic carbocycles. The van der Waals surface area contributed by atoms with Crippen LogP contribution in [0.5, 0.6) is 0 Å². The summed E-state index contributed by atoms with van der Waals surface area (Å²) in [5.74, 6) is 0.492. The van der Waals surface area contributed by atoms with Gasteiger partial charge in [0.1, 0.15) is 0 Å². The molecule has 1 aliphatic heterocycles. The Balaban J connectivity index is 2.47. The molecule has 0 saturated carbocycles. The standard InChI is InChI=1S/C8H17NO3S/c1-6(10)4-8(9)7-2-3-13(11,12)5-7/h6-8,10H,2-5,9H2,1H3. The molecule has 4 nitrogen and oxygen atoms in total. The Morgan fingerprint density at radius 2 is 2.23 bits per heavy atom. The lowest BCUT2D eigenvalue weighted by molar-refractivity contribution is 0.165. The summed E-state index contributed by atoms with van der Waals surface area (Å²) in [5, 5.41) is 9.08. The third kappa shape index (κ3) is 3.25. The van der Waals surface area contributed by atoms with E-state index in [4.69, 9.17) is 10.8 Å². The fourth-order valence-corrected chi connectivity index (χ4v) is 3.64. The Kier molecular flexibility index (Phi) is 3.32. The molecule has 1 fully saturated rings. The third-order valence-electron chi connectivity index (χ3n) is 2.49. The van der Waals surface area contributed by atoms with E-state index in [9.17, 15) is 8.42 Å². The van der Waals surface area contributed by atoms with Gasteiger partial charge < -0.3 is 10.8 Å². The molecule has 1 rings (SSSR count). The first-order chi connectivity index (χ1) is 5.91. The van der Waals surface area contributed by atoms with Gasteiger partial charge in [0, 0.05) is 6.04 Å². The second-order valence-electron chi connectivity index (χ2n) is 3.91. The summed E-state index contributed by atoms with van der Waals surface area (Å²) in [6.07, 6.45) is 0.689. The molecule has 0 spiro atoms. The number of aliphatic hydroxyl groups excluding tert-OH is 1. The second-order valence-corrected chi connectivity index (χ2v) is 6.14. The maximum atomic E-state index is 11.1. The molecule has 1 aliphatic rings. The van der Waals surface area contributed by atoms with E-state index in [1.54, 1.807) is 6.92 Å². The highest BCUT2D eigenvalue weighted by atomic mass is 32.2. The van der Waals surface area contributed by atoms with Crippen molar-refractivity contribution < 1.29 is 13.5 Å². The van der Waals surface area contributed by atoms with Crippen molar-refractivity contribution in [2.75, 3.05) is 11.5 Å². The van der Waals surface area contributed by atoms with Crippen LogP contribution in [0.2, 0.25) is 0 Å². The first-order valence-corrected chi connectivity index (χ1v) is 6.37. The van der Waals surface area contributed by atoms with Gasteiger partial charge in [-0.05, 0) is 25.7 Å². The largest absolute Gasteiger partial charge is 0.393 e. The lowest BCUT2D eigenvalue weighted by Crippen LogP contribution is -2.33. The zero-order chi connectivity index (χ0) is 10.1. The maximum absolute atomic E-state index is 11.1. The summed E-state index contributed by atoms with van der Waals surface area (Å²) >= 11 is 0. The van der Waals surface area contributed by atoms with Gasteiger partial charge in [-0.25, -0.2) is 8.42 Å². The van der Waals surface area contributed by atoms with E-state index in [2.05, 4.69) is 0 Å². The molecule has 0 aliphatic carbocycles. The van der Waals surface area contributed by atoms with Crippen molar-refractivity contribution in [3.63, 3.8) is 0 Å². The second kappa shape index (κ2) is 3.94. The molecule has 0 aromatic rings. The summed E-state index contributed by atoms with van der Waals surface area (Å²) in [6.45, 7) is 1.67. The van der Waals surface area contributed by atoms with E-state index in [0.29, 0.717) is 12.8 Å². The molecule has 3 unspecified atom stereocenters. The van der Waals surface area contributed by atoms with Crippen molar-refractivity contribution in [1.82, 2.24) is 0 Å². The summed E-state index contributed by atoms with van der Waals surface area (Å²) in [7, 11) is -2.84. The minimum atomic E-state index is -2.84. The Hall–Kier alpha value is -0.130. The molecule has 3 N–H and O–H groups in total. The molecular weight excluding hydrogens is 190 g/mol. The van der Waals surface area contributed by atoms with Gasteiger partial charge in [0.15, 0.2) is 9.84 Å². The highest BCUT2D eigenvalue weighted by Gasteiger charge is 2.32. The number of nitrogens with two attached hydrogens (primary N) is 1. The molecular formula is C8H17NO3S. The van der Waals surface area contributed by atoms with Crippen LogP contribution in [0.1, 0.15) is 19.8 Å². The molecule has 1 heterocycles. The molecule has 0 amide bonds. The van der Waals surface area contributed by atoms with Crippen molar-refractivity contribution in [1.29, 1.82) is 0 Å². The molecule has 5 heteroatoms. The van der Waals surface area contributed by atoms with Gasteiger partial charge in [-0.15, -0.1) is 0 Å². The van der Waals surface area contributed by atoms with Gasteiger partial charge in [0.2, 0.25) is 0 Å². The van der Waals surface area contributed by atoms with Gasteiger partial charge in [0.05, 0.1) is 17.6 Å². The third-order valence-corrected chi connectivity index (χ3v) is 4.28. The predicted octanol–water partition coefficient (Wildman–Crippen LogP) is -0.481.